The molecular weight excluding hydrogens is 254 g/mol. The topological polar surface area (TPSA) is 47.6 Å². The van der Waals surface area contributed by atoms with Crippen LogP contribution < -0.4 is 10.1 Å². The zero-order valence-corrected chi connectivity index (χ0v) is 12.1. The van der Waals surface area contributed by atoms with Gasteiger partial charge in [-0.3, -0.25) is 4.79 Å². The van der Waals surface area contributed by atoms with Gasteiger partial charge in [0.25, 0.3) is 0 Å². The van der Waals surface area contributed by atoms with Crippen LogP contribution in [-0.4, -0.2) is 38.7 Å². The van der Waals surface area contributed by atoms with E-state index in [-0.39, 0.29) is 5.78 Å². The standard InChI is InChI=1S/C16H23NO3/c1-19-16-5-3-2-4-13(16)12-14(18)8-11-20-15-6-9-17-10-7-15/h2-5,15,17H,6-12H2,1H3. The molecule has 1 aliphatic rings. The van der Waals surface area contributed by atoms with Gasteiger partial charge in [-0.1, -0.05) is 18.2 Å². The quantitative estimate of drug-likeness (QED) is 0.827. The van der Waals surface area contributed by atoms with E-state index < -0.39 is 0 Å². The van der Waals surface area contributed by atoms with Crippen LogP contribution >= 0.6 is 0 Å². The van der Waals surface area contributed by atoms with Crippen molar-refractivity contribution in [2.45, 2.75) is 31.8 Å². The molecule has 20 heavy (non-hydrogen) atoms. The fourth-order valence-electron chi connectivity index (χ4n) is 2.45. The van der Waals surface area contributed by atoms with Crippen LogP contribution in [0.2, 0.25) is 0 Å². The fraction of sp³-hybridized carbons (Fsp3) is 0.562. The van der Waals surface area contributed by atoms with Gasteiger partial charge in [0.05, 0.1) is 19.8 Å². The van der Waals surface area contributed by atoms with Crippen molar-refractivity contribution in [1.29, 1.82) is 0 Å². The van der Waals surface area contributed by atoms with Crippen molar-refractivity contribution in [2.24, 2.45) is 0 Å². The van der Waals surface area contributed by atoms with Crippen LogP contribution in [0.25, 0.3) is 0 Å². The summed E-state index contributed by atoms with van der Waals surface area (Å²) in [4.78, 5) is 12.0. The summed E-state index contributed by atoms with van der Waals surface area (Å²) in [6.45, 7) is 2.55. The van der Waals surface area contributed by atoms with Gasteiger partial charge in [-0.15, -0.1) is 0 Å². The van der Waals surface area contributed by atoms with Crippen molar-refractivity contribution in [3.8, 4) is 5.75 Å². The average molecular weight is 277 g/mol. The Labute approximate surface area is 120 Å². The number of methoxy groups -OCH3 is 1. The van der Waals surface area contributed by atoms with Gasteiger partial charge < -0.3 is 14.8 Å². The maximum Gasteiger partial charge on any atom is 0.139 e. The van der Waals surface area contributed by atoms with Crippen LogP contribution in [0.4, 0.5) is 0 Å². The van der Waals surface area contributed by atoms with Gasteiger partial charge in [0.2, 0.25) is 0 Å². The minimum Gasteiger partial charge on any atom is -0.496 e. The molecule has 0 radical (unpaired) electrons. The second-order valence-corrected chi connectivity index (χ2v) is 5.10. The van der Waals surface area contributed by atoms with Crippen molar-refractivity contribution in [2.75, 3.05) is 26.8 Å². The lowest BCUT2D eigenvalue weighted by Gasteiger charge is -2.22. The van der Waals surface area contributed by atoms with Gasteiger partial charge in [-0.2, -0.15) is 0 Å². The lowest BCUT2D eigenvalue weighted by atomic mass is 10.1. The molecule has 0 aromatic heterocycles. The first-order valence-electron chi connectivity index (χ1n) is 7.25. The van der Waals surface area contributed by atoms with Gasteiger partial charge >= 0.3 is 0 Å². The molecule has 1 N–H and O–H groups in total. The highest BCUT2D eigenvalue weighted by Crippen LogP contribution is 2.18. The molecule has 4 heteroatoms. The third-order valence-corrected chi connectivity index (χ3v) is 3.60. The van der Waals surface area contributed by atoms with E-state index in [9.17, 15) is 4.79 Å². The highest BCUT2D eigenvalue weighted by Gasteiger charge is 2.14. The van der Waals surface area contributed by atoms with E-state index in [1.165, 1.54) is 0 Å². The summed E-state index contributed by atoms with van der Waals surface area (Å²) in [6.07, 6.45) is 3.29. The van der Waals surface area contributed by atoms with E-state index in [0.717, 1.165) is 37.2 Å². The van der Waals surface area contributed by atoms with Gasteiger partial charge in [0.1, 0.15) is 11.5 Å². The average Bonchev–Trinajstić information content (AvgIpc) is 2.49. The molecule has 0 spiro atoms. The maximum absolute atomic E-state index is 12.0. The van der Waals surface area contributed by atoms with E-state index in [4.69, 9.17) is 9.47 Å². The zero-order valence-electron chi connectivity index (χ0n) is 12.1. The van der Waals surface area contributed by atoms with Crippen molar-refractivity contribution in [1.82, 2.24) is 5.32 Å². The molecule has 2 rings (SSSR count). The summed E-state index contributed by atoms with van der Waals surface area (Å²) in [6, 6.07) is 7.65. The second kappa shape index (κ2) is 8.02. The number of nitrogens with one attached hydrogen (secondary N) is 1. The van der Waals surface area contributed by atoms with Gasteiger partial charge in [-0.25, -0.2) is 0 Å². The number of ketones is 1. The van der Waals surface area contributed by atoms with Gasteiger partial charge in [-0.05, 0) is 32.0 Å². The minimum atomic E-state index is 0.198. The first-order valence-corrected chi connectivity index (χ1v) is 7.25. The van der Waals surface area contributed by atoms with E-state index in [0.29, 0.717) is 25.6 Å². The molecule has 1 fully saturated rings. The van der Waals surface area contributed by atoms with Crippen LogP contribution in [0.1, 0.15) is 24.8 Å². The summed E-state index contributed by atoms with van der Waals surface area (Å²) in [7, 11) is 1.63. The minimum absolute atomic E-state index is 0.198. The largest absolute Gasteiger partial charge is 0.496 e. The molecular formula is C16H23NO3. The number of rotatable bonds is 7. The smallest absolute Gasteiger partial charge is 0.139 e. The number of hydrogen-bond donors (Lipinski definition) is 1. The number of ether oxygens (including phenoxy) is 2. The van der Waals surface area contributed by atoms with Crippen LogP contribution in [0.3, 0.4) is 0 Å². The lowest BCUT2D eigenvalue weighted by molar-refractivity contribution is -0.120. The second-order valence-electron chi connectivity index (χ2n) is 5.10. The Kier molecular flexibility index (Phi) is 6.02. The third-order valence-electron chi connectivity index (χ3n) is 3.60. The zero-order chi connectivity index (χ0) is 14.2. The Morgan fingerprint density at radius 1 is 1.30 bits per heavy atom. The number of carbonyl (C=O) groups is 1. The van der Waals surface area contributed by atoms with Crippen LogP contribution in [-0.2, 0) is 16.0 Å². The highest BCUT2D eigenvalue weighted by atomic mass is 16.5. The molecule has 0 saturated carbocycles. The summed E-state index contributed by atoms with van der Waals surface area (Å²) < 4.78 is 11.0. The van der Waals surface area contributed by atoms with E-state index in [1.54, 1.807) is 7.11 Å². The molecule has 1 heterocycles. The maximum atomic E-state index is 12.0. The van der Waals surface area contributed by atoms with Gasteiger partial charge in [0.15, 0.2) is 0 Å². The fourth-order valence-corrected chi connectivity index (χ4v) is 2.45. The van der Waals surface area contributed by atoms with E-state index in [2.05, 4.69) is 5.32 Å². The molecule has 1 aromatic rings. The number of benzene rings is 1. The lowest BCUT2D eigenvalue weighted by Crippen LogP contribution is -2.32. The summed E-state index contributed by atoms with van der Waals surface area (Å²) in [5, 5.41) is 3.30. The van der Waals surface area contributed by atoms with E-state index >= 15 is 0 Å². The molecule has 4 nitrogen and oxygen atoms in total. The Hall–Kier alpha value is -1.39. The highest BCUT2D eigenvalue weighted by molar-refractivity contribution is 5.81. The van der Waals surface area contributed by atoms with Crippen LogP contribution in [0.5, 0.6) is 5.75 Å². The summed E-state index contributed by atoms with van der Waals surface area (Å²) in [5.74, 6) is 0.976. The number of hydrogen-bond acceptors (Lipinski definition) is 4. The molecule has 1 aliphatic heterocycles. The predicted molar refractivity (Wildman–Crippen MR) is 78.2 cm³/mol. The molecule has 0 unspecified atom stereocenters. The van der Waals surface area contributed by atoms with Crippen molar-refractivity contribution >= 4 is 5.78 Å². The van der Waals surface area contributed by atoms with Crippen molar-refractivity contribution in [3.05, 3.63) is 29.8 Å². The Bertz CT molecular complexity index is 427. The monoisotopic (exact) mass is 277 g/mol. The number of carbonyl (C=O) groups excluding carboxylic acids is 1. The number of Topliss-reactive ketones (excluding diaryl/α,β-unsaturated/α-hetero) is 1. The Morgan fingerprint density at radius 2 is 2.05 bits per heavy atom. The summed E-state index contributed by atoms with van der Waals surface area (Å²) in [5.41, 5.74) is 0.946. The Morgan fingerprint density at radius 3 is 2.80 bits per heavy atom. The molecule has 0 amide bonds. The Balaban J connectivity index is 1.72. The van der Waals surface area contributed by atoms with Crippen LogP contribution in [0, 0.1) is 0 Å². The first kappa shape index (κ1) is 15.0. The molecule has 0 aliphatic carbocycles. The molecule has 0 bridgehead atoms. The van der Waals surface area contributed by atoms with Gasteiger partial charge in [0, 0.05) is 18.4 Å². The first-order chi connectivity index (χ1) is 9.79. The van der Waals surface area contributed by atoms with Crippen LogP contribution in [0.15, 0.2) is 24.3 Å². The number of para-hydroxylation sites is 1. The SMILES string of the molecule is COc1ccccc1CC(=O)CCOC1CCNCC1. The molecule has 110 valence electrons. The predicted octanol–water partition coefficient (Wildman–Crippen LogP) is 1.97. The summed E-state index contributed by atoms with van der Waals surface area (Å²) >= 11 is 0. The molecule has 1 saturated heterocycles. The number of piperidine rings is 1. The third kappa shape index (κ3) is 4.62. The van der Waals surface area contributed by atoms with Crippen molar-refractivity contribution < 1.29 is 14.3 Å². The van der Waals surface area contributed by atoms with E-state index in [1.807, 2.05) is 24.3 Å². The van der Waals surface area contributed by atoms with Crippen molar-refractivity contribution in [3.63, 3.8) is 0 Å². The normalized spacial score (nSPS) is 16.1. The molecule has 1 aromatic carbocycles. The molecule has 0 atom stereocenters.